The maximum Gasteiger partial charge on any atom is 0.251 e. The Hall–Kier alpha value is -1.81. The number of hydrogen-bond acceptors (Lipinski definition) is 2. The Morgan fingerprint density at radius 3 is 3.00 bits per heavy atom. The fourth-order valence-electron chi connectivity index (χ4n) is 1.97. The number of aromatic amines is 1. The molecule has 0 atom stereocenters. The van der Waals surface area contributed by atoms with Crippen molar-refractivity contribution in [2.75, 3.05) is 13.2 Å². The third kappa shape index (κ3) is 3.58. The summed E-state index contributed by atoms with van der Waals surface area (Å²) in [4.78, 5) is 15.2. The van der Waals surface area contributed by atoms with E-state index in [0.29, 0.717) is 18.7 Å². The lowest BCUT2D eigenvalue weighted by Gasteiger charge is -2.08. The SMILES string of the molecule is CC(C)OCCCNC(=O)c1cccc2[nH]ccc12. The van der Waals surface area contributed by atoms with E-state index in [1.54, 1.807) is 0 Å². The van der Waals surface area contributed by atoms with Crippen molar-refractivity contribution in [2.45, 2.75) is 26.4 Å². The van der Waals surface area contributed by atoms with E-state index in [2.05, 4.69) is 10.3 Å². The number of amides is 1. The van der Waals surface area contributed by atoms with Crippen molar-refractivity contribution in [3.8, 4) is 0 Å². The van der Waals surface area contributed by atoms with Gasteiger partial charge in [0.25, 0.3) is 5.91 Å². The average Bonchev–Trinajstić information content (AvgIpc) is 2.85. The number of hydrogen-bond donors (Lipinski definition) is 2. The summed E-state index contributed by atoms with van der Waals surface area (Å²) in [5.41, 5.74) is 1.69. The molecule has 0 saturated heterocycles. The van der Waals surface area contributed by atoms with Crippen molar-refractivity contribution in [1.29, 1.82) is 0 Å². The molecule has 0 aliphatic heterocycles. The first-order valence-electron chi connectivity index (χ1n) is 6.64. The fourth-order valence-corrected chi connectivity index (χ4v) is 1.97. The summed E-state index contributed by atoms with van der Waals surface area (Å²) in [6, 6.07) is 7.61. The van der Waals surface area contributed by atoms with Crippen LogP contribution in [-0.4, -0.2) is 30.1 Å². The van der Waals surface area contributed by atoms with E-state index in [4.69, 9.17) is 4.74 Å². The summed E-state index contributed by atoms with van der Waals surface area (Å²) in [5, 5.41) is 3.88. The van der Waals surface area contributed by atoms with Crippen molar-refractivity contribution in [3.05, 3.63) is 36.0 Å². The van der Waals surface area contributed by atoms with Crippen molar-refractivity contribution < 1.29 is 9.53 Å². The van der Waals surface area contributed by atoms with Gasteiger partial charge in [-0.2, -0.15) is 0 Å². The lowest BCUT2D eigenvalue weighted by Crippen LogP contribution is -2.25. The van der Waals surface area contributed by atoms with Crippen molar-refractivity contribution in [2.24, 2.45) is 0 Å². The van der Waals surface area contributed by atoms with Gasteiger partial charge in [-0.05, 0) is 38.5 Å². The van der Waals surface area contributed by atoms with Crippen LogP contribution in [0, 0.1) is 0 Å². The molecule has 0 saturated carbocycles. The van der Waals surface area contributed by atoms with Gasteiger partial charge in [-0.25, -0.2) is 0 Å². The molecule has 1 aromatic carbocycles. The molecule has 4 nitrogen and oxygen atoms in total. The van der Waals surface area contributed by atoms with Gasteiger partial charge in [0.2, 0.25) is 0 Å². The number of aromatic nitrogens is 1. The number of benzene rings is 1. The molecule has 19 heavy (non-hydrogen) atoms. The van der Waals surface area contributed by atoms with Gasteiger partial charge in [0.05, 0.1) is 6.10 Å². The van der Waals surface area contributed by atoms with Crippen LogP contribution in [0.15, 0.2) is 30.5 Å². The highest BCUT2D eigenvalue weighted by molar-refractivity contribution is 6.06. The molecule has 2 aromatic rings. The van der Waals surface area contributed by atoms with Gasteiger partial charge < -0.3 is 15.0 Å². The average molecular weight is 260 g/mol. The molecule has 1 heterocycles. The number of carbonyl (C=O) groups excluding carboxylic acids is 1. The first kappa shape index (κ1) is 13.6. The van der Waals surface area contributed by atoms with E-state index in [1.807, 2.05) is 44.3 Å². The normalized spacial score (nSPS) is 11.1. The molecule has 102 valence electrons. The number of carbonyl (C=O) groups is 1. The third-order valence-corrected chi connectivity index (χ3v) is 2.90. The van der Waals surface area contributed by atoms with Crippen LogP contribution in [-0.2, 0) is 4.74 Å². The summed E-state index contributed by atoms with van der Waals surface area (Å²) >= 11 is 0. The second-order valence-corrected chi connectivity index (χ2v) is 4.77. The second-order valence-electron chi connectivity index (χ2n) is 4.77. The highest BCUT2D eigenvalue weighted by atomic mass is 16.5. The Kier molecular flexibility index (Phi) is 4.58. The van der Waals surface area contributed by atoms with E-state index < -0.39 is 0 Å². The van der Waals surface area contributed by atoms with Crippen molar-refractivity contribution in [1.82, 2.24) is 10.3 Å². The molecule has 0 bridgehead atoms. The van der Waals surface area contributed by atoms with E-state index >= 15 is 0 Å². The Morgan fingerprint density at radius 2 is 2.21 bits per heavy atom. The van der Waals surface area contributed by atoms with E-state index in [9.17, 15) is 4.79 Å². The number of H-pyrrole nitrogens is 1. The standard InChI is InChI=1S/C15H20N2O2/c1-11(2)19-10-4-8-17-15(18)13-5-3-6-14-12(13)7-9-16-14/h3,5-7,9,11,16H,4,8,10H2,1-2H3,(H,17,18). The minimum Gasteiger partial charge on any atom is -0.379 e. The topological polar surface area (TPSA) is 54.1 Å². The molecule has 2 N–H and O–H groups in total. The first-order valence-corrected chi connectivity index (χ1v) is 6.64. The van der Waals surface area contributed by atoms with Gasteiger partial charge in [0.1, 0.15) is 0 Å². The number of ether oxygens (including phenoxy) is 1. The van der Waals surface area contributed by atoms with Gasteiger partial charge in [0.15, 0.2) is 0 Å². The third-order valence-electron chi connectivity index (χ3n) is 2.90. The smallest absolute Gasteiger partial charge is 0.251 e. The fraction of sp³-hybridized carbons (Fsp3) is 0.400. The van der Waals surface area contributed by atoms with Crippen LogP contribution in [0.1, 0.15) is 30.6 Å². The van der Waals surface area contributed by atoms with Crippen molar-refractivity contribution in [3.63, 3.8) is 0 Å². The van der Waals surface area contributed by atoms with Crippen LogP contribution < -0.4 is 5.32 Å². The second kappa shape index (κ2) is 6.38. The van der Waals surface area contributed by atoms with Crippen LogP contribution in [0.4, 0.5) is 0 Å². The molecule has 0 spiro atoms. The van der Waals surface area contributed by atoms with Crippen LogP contribution in [0.25, 0.3) is 10.9 Å². The molecule has 0 fully saturated rings. The Balaban J connectivity index is 1.88. The van der Waals surface area contributed by atoms with Crippen molar-refractivity contribution >= 4 is 16.8 Å². The molecule has 0 radical (unpaired) electrons. The quantitative estimate of drug-likeness (QED) is 0.785. The monoisotopic (exact) mass is 260 g/mol. The van der Waals surface area contributed by atoms with Crippen LogP contribution >= 0.6 is 0 Å². The molecule has 0 aliphatic carbocycles. The van der Waals surface area contributed by atoms with Gasteiger partial charge in [-0.15, -0.1) is 0 Å². The summed E-state index contributed by atoms with van der Waals surface area (Å²) in [6.07, 6.45) is 2.91. The zero-order chi connectivity index (χ0) is 13.7. The number of fused-ring (bicyclic) bond motifs is 1. The highest BCUT2D eigenvalue weighted by Gasteiger charge is 2.09. The molecule has 2 rings (SSSR count). The molecule has 4 heteroatoms. The van der Waals surface area contributed by atoms with Crippen LogP contribution in [0.2, 0.25) is 0 Å². The summed E-state index contributed by atoms with van der Waals surface area (Å²) in [5.74, 6) is -0.0326. The predicted octanol–water partition coefficient (Wildman–Crippen LogP) is 2.71. The molecular weight excluding hydrogens is 240 g/mol. The van der Waals surface area contributed by atoms with Gasteiger partial charge in [0, 0.05) is 35.8 Å². The molecule has 1 amide bonds. The Morgan fingerprint density at radius 1 is 1.37 bits per heavy atom. The summed E-state index contributed by atoms with van der Waals surface area (Å²) < 4.78 is 5.43. The molecule has 0 unspecified atom stereocenters. The van der Waals surface area contributed by atoms with Gasteiger partial charge in [-0.3, -0.25) is 4.79 Å². The first-order chi connectivity index (χ1) is 9.18. The van der Waals surface area contributed by atoms with Gasteiger partial charge in [-0.1, -0.05) is 6.07 Å². The van der Waals surface area contributed by atoms with Crippen LogP contribution in [0.5, 0.6) is 0 Å². The van der Waals surface area contributed by atoms with Gasteiger partial charge >= 0.3 is 0 Å². The zero-order valence-electron chi connectivity index (χ0n) is 11.4. The molecule has 1 aromatic heterocycles. The molecular formula is C15H20N2O2. The maximum atomic E-state index is 12.1. The predicted molar refractivity (Wildman–Crippen MR) is 76.3 cm³/mol. The maximum absolute atomic E-state index is 12.1. The summed E-state index contributed by atoms with van der Waals surface area (Å²) in [6.45, 7) is 5.31. The largest absolute Gasteiger partial charge is 0.379 e. The Bertz CT molecular complexity index is 546. The van der Waals surface area contributed by atoms with E-state index in [-0.39, 0.29) is 12.0 Å². The lowest BCUT2D eigenvalue weighted by molar-refractivity contribution is 0.0757. The van der Waals surface area contributed by atoms with E-state index in [1.165, 1.54) is 0 Å². The lowest BCUT2D eigenvalue weighted by atomic mass is 10.1. The number of rotatable bonds is 6. The number of nitrogens with one attached hydrogen (secondary N) is 2. The molecule has 0 aliphatic rings. The minimum absolute atomic E-state index is 0.0326. The Labute approximate surface area is 113 Å². The minimum atomic E-state index is -0.0326. The van der Waals surface area contributed by atoms with Crippen LogP contribution in [0.3, 0.4) is 0 Å². The highest BCUT2D eigenvalue weighted by Crippen LogP contribution is 2.16. The van der Waals surface area contributed by atoms with E-state index in [0.717, 1.165) is 17.3 Å². The zero-order valence-corrected chi connectivity index (χ0v) is 11.4. The summed E-state index contributed by atoms with van der Waals surface area (Å²) in [7, 11) is 0.